The summed E-state index contributed by atoms with van der Waals surface area (Å²) in [6.45, 7) is 6.66. The second-order valence-corrected chi connectivity index (χ2v) is 35.7. The van der Waals surface area contributed by atoms with Gasteiger partial charge in [-0.3, -0.25) is 14.4 Å². The molecule has 9 aromatic rings. The van der Waals surface area contributed by atoms with E-state index >= 15 is 28.8 Å². The molecule has 124 heavy (non-hydrogen) atoms. The van der Waals surface area contributed by atoms with E-state index in [0.29, 0.717) is 152 Å². The van der Waals surface area contributed by atoms with E-state index in [9.17, 15) is 5.11 Å². The summed E-state index contributed by atoms with van der Waals surface area (Å²) in [4.78, 5) is 115. The fourth-order valence-corrected chi connectivity index (χ4v) is 19.3. The fraction of sp³-hybridized carbons (Fsp3) is 0.406. The van der Waals surface area contributed by atoms with E-state index in [1.54, 1.807) is 72.8 Å². The number of aliphatic hydroxyl groups excluding tert-OH is 1. The lowest BCUT2D eigenvalue weighted by Gasteiger charge is -2.59. The topological polar surface area (TPSA) is 253 Å². The number of carbonyl (C=O) groups is 6. The first-order valence-electron chi connectivity index (χ1n) is 41.9. The van der Waals surface area contributed by atoms with Gasteiger partial charge in [0.2, 0.25) is 0 Å². The van der Waals surface area contributed by atoms with Crippen LogP contribution >= 0.6 is 83.6 Å². The molecule has 3 amide bonds. The van der Waals surface area contributed by atoms with Crippen molar-refractivity contribution < 1.29 is 57.6 Å². The van der Waals surface area contributed by atoms with E-state index in [4.69, 9.17) is 85.0 Å². The van der Waals surface area contributed by atoms with Crippen LogP contribution in [0.3, 0.4) is 0 Å². The summed E-state index contributed by atoms with van der Waals surface area (Å²) in [5, 5.41) is 21.9. The number of nitrogens with zero attached hydrogens (tertiary/aromatic N) is 6. The molecule has 21 nitrogen and oxygen atoms in total. The predicted octanol–water partition coefficient (Wildman–Crippen LogP) is 19.1. The maximum Gasteiger partial charge on any atom is 0.340 e. The highest BCUT2D eigenvalue weighted by molar-refractivity contribution is 6.34. The van der Waals surface area contributed by atoms with Crippen LogP contribution in [0.1, 0.15) is 145 Å². The monoisotopic (exact) mass is 1820 g/mol. The predicted molar refractivity (Wildman–Crippen MR) is 494 cm³/mol. The van der Waals surface area contributed by atoms with Crippen LogP contribution in [0.4, 0.5) is 0 Å². The van der Waals surface area contributed by atoms with Crippen LogP contribution in [0.2, 0.25) is 20.1 Å². The molecule has 6 aromatic carbocycles. The summed E-state index contributed by atoms with van der Waals surface area (Å²) in [5.41, 5.74) is 4.10. The molecule has 6 aliphatic carbocycles. The Bertz CT molecular complexity index is 5320. The molecular weight excluding hydrogens is 1720 g/mol. The van der Waals surface area contributed by atoms with E-state index in [-0.39, 0.29) is 111 Å². The normalized spacial score (nSPS) is 20.0. The third-order valence-corrected chi connectivity index (χ3v) is 25.8. The third-order valence-electron chi connectivity index (χ3n) is 24.6. The maximum atomic E-state index is 16.2. The van der Waals surface area contributed by atoms with Gasteiger partial charge in [-0.1, -0.05) is 151 Å². The number of hydrogen-bond acceptors (Lipinski definition) is 18. The van der Waals surface area contributed by atoms with Gasteiger partial charge in [0.05, 0.1) is 45.4 Å². The smallest absolute Gasteiger partial charge is 0.340 e. The fourth-order valence-electron chi connectivity index (χ4n) is 18.5. The van der Waals surface area contributed by atoms with Gasteiger partial charge in [-0.25, -0.2) is 29.3 Å². The zero-order chi connectivity index (χ0) is 85.4. The largest absolute Gasteiger partial charge is 0.492 e. The highest BCUT2D eigenvalue weighted by atomic mass is 35.5. The number of likely N-dealkylation sites (N-methyl/N-ethyl adjacent to an activating group) is 1. The standard InChI is InChI=1S/C96H105Cl4N9O12.3ClH/c1-58-20-10-12-22-69(58)72-29-35-79(101-85(72)62-26-32-76(98)82(53-62)117-46-18-44-107(3)4)89(112)105-95(42-38-68(39-43-95)120-91(114)94(40-16-9-17-41-94)104-88(111)80-37-31-74(71-24-14-15-25-75(71)97)87(102-80)63-27-33-77(99)83(54-63)118-47-19-45-108(5)6)92(115)121-93(116)96(65-49-60-48-61(51-65)52-66(96)50-60)106-90(113)81-36-30-73(70-23-13-11-21-59(70)2)86(103-81)64-28-34-78(100)84(55-64)119-57-67(110)56-109(7)8;;;/h10-15,20-37,53-55,60-61,65-68,110H,9,16-19,38-52,56-57H2,1-8H3,(H,104,111)(H,105,112)(H,106,113);3*1H/t60?,61?,65?,66?,67-,68?,95?,96?;;;/m0.../s1. The zero-order valence-corrected chi connectivity index (χ0v) is 76.4. The molecule has 6 fully saturated rings. The van der Waals surface area contributed by atoms with Crippen LogP contribution in [0.15, 0.2) is 164 Å². The minimum absolute atomic E-state index is 0. The van der Waals surface area contributed by atoms with Crippen molar-refractivity contribution in [3.05, 3.63) is 212 Å². The van der Waals surface area contributed by atoms with E-state index < -0.39 is 76.3 Å². The van der Waals surface area contributed by atoms with Gasteiger partial charge in [0.15, 0.2) is 0 Å². The molecule has 0 unspecified atom stereocenters. The van der Waals surface area contributed by atoms with Crippen LogP contribution < -0.4 is 30.2 Å². The number of amides is 3. The maximum absolute atomic E-state index is 16.2. The van der Waals surface area contributed by atoms with Crippen LogP contribution in [0, 0.1) is 37.5 Å². The first-order chi connectivity index (χ1) is 58.2. The Kier molecular flexibility index (Phi) is 32.5. The molecule has 3 aromatic heterocycles. The Hall–Kier alpha value is -8.94. The number of halogens is 7. The minimum Gasteiger partial charge on any atom is -0.492 e. The quantitative estimate of drug-likeness (QED) is 0.0179. The molecule has 28 heteroatoms. The van der Waals surface area contributed by atoms with Crippen molar-refractivity contribution in [2.45, 2.75) is 145 Å². The third kappa shape index (κ3) is 21.7. The molecule has 6 saturated carbocycles. The molecule has 0 radical (unpaired) electrons. The number of nitrogens with one attached hydrogen (secondary N) is 3. The van der Waals surface area contributed by atoms with Crippen molar-refractivity contribution in [2.24, 2.45) is 23.7 Å². The lowest BCUT2D eigenvalue weighted by Crippen LogP contribution is -2.71. The van der Waals surface area contributed by atoms with Crippen molar-refractivity contribution in [1.29, 1.82) is 0 Å². The second kappa shape index (κ2) is 42.1. The molecule has 0 spiro atoms. The molecular formula is C96H108Cl7N9O12. The number of aryl methyl sites for hydroxylation is 2. The van der Waals surface area contributed by atoms with Gasteiger partial charge in [-0.15, -0.1) is 37.2 Å². The van der Waals surface area contributed by atoms with Crippen molar-refractivity contribution in [1.82, 2.24) is 45.6 Å². The van der Waals surface area contributed by atoms with Crippen molar-refractivity contribution in [3.8, 4) is 84.4 Å². The number of carbonyl (C=O) groups excluding carboxylic acids is 6. The van der Waals surface area contributed by atoms with Gasteiger partial charge in [0, 0.05) is 63.6 Å². The number of hydrogen-bond donors (Lipinski definition) is 4. The highest BCUT2D eigenvalue weighted by Crippen LogP contribution is 2.59. The van der Waals surface area contributed by atoms with E-state index in [0.717, 1.165) is 61.0 Å². The van der Waals surface area contributed by atoms with Gasteiger partial charge in [-0.2, -0.15) is 0 Å². The summed E-state index contributed by atoms with van der Waals surface area (Å²) in [5.74, 6) is -3.89. The average molecular weight is 1830 g/mol. The second-order valence-electron chi connectivity index (χ2n) is 34.1. The molecule has 0 saturated heterocycles. The van der Waals surface area contributed by atoms with Crippen LogP contribution in [-0.2, 0) is 23.9 Å². The molecule has 658 valence electrons. The van der Waals surface area contributed by atoms with Gasteiger partial charge >= 0.3 is 17.9 Å². The number of benzene rings is 6. The molecule has 0 aliphatic heterocycles. The molecule has 15 rings (SSSR count). The Morgan fingerprint density at radius 1 is 0.444 bits per heavy atom. The van der Waals surface area contributed by atoms with E-state index in [1.807, 2.05) is 152 Å². The van der Waals surface area contributed by atoms with Crippen LogP contribution in [0.5, 0.6) is 17.2 Å². The van der Waals surface area contributed by atoms with Crippen molar-refractivity contribution in [3.63, 3.8) is 0 Å². The van der Waals surface area contributed by atoms with Crippen molar-refractivity contribution in [2.75, 3.05) is 81.7 Å². The first-order valence-corrected chi connectivity index (χ1v) is 43.4. The minimum atomic E-state index is -1.97. The lowest BCUT2D eigenvalue weighted by atomic mass is 9.48. The zero-order valence-electron chi connectivity index (χ0n) is 71.0. The van der Waals surface area contributed by atoms with Crippen molar-refractivity contribution >= 4 is 119 Å². The molecule has 4 N–H and O–H groups in total. The number of pyridine rings is 3. The number of aliphatic hydroxyl groups is 1. The number of ether oxygens (including phenoxy) is 5. The molecule has 1 atom stereocenters. The molecule has 6 aliphatic rings. The summed E-state index contributed by atoms with van der Waals surface area (Å²) in [6, 6.07) is 49.2. The first kappa shape index (κ1) is 95.7. The lowest BCUT2D eigenvalue weighted by molar-refractivity contribution is -0.181. The van der Waals surface area contributed by atoms with E-state index in [1.165, 1.54) is 0 Å². The van der Waals surface area contributed by atoms with Crippen LogP contribution in [0.25, 0.3) is 67.2 Å². The molecule has 4 bridgehead atoms. The Morgan fingerprint density at radius 3 is 1.27 bits per heavy atom. The number of esters is 3. The average Bonchev–Trinajstić information content (AvgIpc) is 0.711. The van der Waals surface area contributed by atoms with Gasteiger partial charge in [0.1, 0.15) is 69.8 Å². The SMILES string of the molecule is Cc1ccccc1-c1ccc(C(=O)NC2(C(=O)OC(=O)C3(NC(=O)c4ccc(-c5ccccc5C)c(-c5ccc(Cl)c(OC[C@@H](O)CN(C)C)c5)n4)C4CC5CC(C4)CC3C5)CCC(OC(=O)C3(NC(=O)c4ccc(-c5ccccc5Cl)c(-c5ccc(Cl)c(OCCCN(C)C)c5)n4)CCCCC3)CC2)nc1-c1ccc(Cl)c(OCCCN(C)C)c1.Cl.Cl.Cl. The number of aromatic nitrogens is 3. The Labute approximate surface area is 764 Å². The van der Waals surface area contributed by atoms with Gasteiger partial charge in [-0.05, 0) is 264 Å². The van der Waals surface area contributed by atoms with Gasteiger partial charge in [0.25, 0.3) is 17.7 Å². The number of rotatable bonds is 31. The van der Waals surface area contributed by atoms with E-state index in [2.05, 4.69) is 25.8 Å². The van der Waals surface area contributed by atoms with Gasteiger partial charge < -0.3 is 59.4 Å². The Morgan fingerprint density at radius 2 is 0.847 bits per heavy atom. The van der Waals surface area contributed by atoms with Crippen LogP contribution in [-0.4, -0.2) is 181 Å². The Balaban J connectivity index is 0.00000499. The highest BCUT2D eigenvalue weighted by Gasteiger charge is 2.64. The summed E-state index contributed by atoms with van der Waals surface area (Å²) in [6.07, 6.45) is 5.25. The molecule has 3 heterocycles. The summed E-state index contributed by atoms with van der Waals surface area (Å²) < 4.78 is 31.7. The summed E-state index contributed by atoms with van der Waals surface area (Å²) in [7, 11) is 11.7. The summed E-state index contributed by atoms with van der Waals surface area (Å²) >= 11 is 27.2.